The van der Waals surface area contributed by atoms with E-state index in [9.17, 15) is 4.79 Å². The molecule has 0 aliphatic carbocycles. The fraction of sp³-hybridized carbons (Fsp3) is 0.500. The Morgan fingerprint density at radius 1 is 1.77 bits per heavy atom. The molecule has 5 heteroatoms. The van der Waals surface area contributed by atoms with Crippen LogP contribution in [-0.4, -0.2) is 20.9 Å². The van der Waals surface area contributed by atoms with Crippen LogP contribution in [0.25, 0.3) is 0 Å². The first-order valence-electron chi connectivity index (χ1n) is 4.00. The van der Waals surface area contributed by atoms with E-state index < -0.39 is 5.97 Å². The lowest BCUT2D eigenvalue weighted by atomic mass is 10.2. The Morgan fingerprint density at radius 3 is 2.92 bits per heavy atom. The van der Waals surface area contributed by atoms with Crippen molar-refractivity contribution in [3.63, 3.8) is 0 Å². The molecule has 0 atom stereocenters. The standard InChI is InChI=1S/C8H11BrN2O2/c1-11-6(5-7(9)10-11)3-2-4-8(12)13/h5H,2-4H2,1H3,(H,12,13). The summed E-state index contributed by atoms with van der Waals surface area (Å²) < 4.78 is 2.55. The van der Waals surface area contributed by atoms with E-state index in [0.29, 0.717) is 6.42 Å². The highest BCUT2D eigenvalue weighted by Gasteiger charge is 2.03. The molecule has 0 saturated heterocycles. The molecular formula is C8H11BrN2O2. The van der Waals surface area contributed by atoms with E-state index in [4.69, 9.17) is 5.11 Å². The minimum Gasteiger partial charge on any atom is -0.481 e. The number of hydrogen-bond acceptors (Lipinski definition) is 2. The Hall–Kier alpha value is -0.840. The van der Waals surface area contributed by atoms with Gasteiger partial charge >= 0.3 is 5.97 Å². The second-order valence-electron chi connectivity index (χ2n) is 2.83. The molecule has 0 spiro atoms. The fourth-order valence-electron chi connectivity index (χ4n) is 1.12. The Morgan fingerprint density at radius 2 is 2.46 bits per heavy atom. The normalized spacial score (nSPS) is 10.3. The first-order chi connectivity index (χ1) is 6.09. The monoisotopic (exact) mass is 246 g/mol. The van der Waals surface area contributed by atoms with Crippen LogP contribution >= 0.6 is 15.9 Å². The molecule has 1 heterocycles. The summed E-state index contributed by atoms with van der Waals surface area (Å²) in [5.74, 6) is -0.749. The maximum absolute atomic E-state index is 10.2. The number of halogens is 1. The topological polar surface area (TPSA) is 55.1 Å². The molecule has 0 aliphatic heterocycles. The molecular weight excluding hydrogens is 236 g/mol. The highest BCUT2D eigenvalue weighted by molar-refractivity contribution is 9.10. The van der Waals surface area contributed by atoms with Crippen molar-refractivity contribution < 1.29 is 9.90 Å². The lowest BCUT2D eigenvalue weighted by Gasteiger charge is -1.98. The summed E-state index contributed by atoms with van der Waals surface area (Å²) in [5.41, 5.74) is 1.05. The smallest absolute Gasteiger partial charge is 0.303 e. The molecule has 0 bridgehead atoms. The van der Waals surface area contributed by atoms with Crippen molar-refractivity contribution in [3.05, 3.63) is 16.4 Å². The fourth-order valence-corrected chi connectivity index (χ4v) is 1.62. The van der Waals surface area contributed by atoms with Gasteiger partial charge in [0.15, 0.2) is 0 Å². The molecule has 4 nitrogen and oxygen atoms in total. The van der Waals surface area contributed by atoms with Crippen molar-refractivity contribution in [3.8, 4) is 0 Å². The molecule has 0 saturated carbocycles. The Bertz CT molecular complexity index is 309. The largest absolute Gasteiger partial charge is 0.481 e. The number of carboxylic acid groups (broad SMARTS) is 1. The van der Waals surface area contributed by atoms with Crippen molar-refractivity contribution >= 4 is 21.9 Å². The van der Waals surface area contributed by atoms with E-state index in [1.165, 1.54) is 0 Å². The van der Waals surface area contributed by atoms with Gasteiger partial charge in [0.1, 0.15) is 4.60 Å². The average Bonchev–Trinajstić information content (AvgIpc) is 2.29. The van der Waals surface area contributed by atoms with Gasteiger partial charge in [0.25, 0.3) is 0 Å². The number of aliphatic carboxylic acids is 1. The van der Waals surface area contributed by atoms with Gasteiger partial charge in [-0.2, -0.15) is 5.10 Å². The lowest BCUT2D eigenvalue weighted by molar-refractivity contribution is -0.137. The number of rotatable bonds is 4. The van der Waals surface area contributed by atoms with Crippen LogP contribution in [0.3, 0.4) is 0 Å². The van der Waals surface area contributed by atoms with Crippen LogP contribution in [-0.2, 0) is 18.3 Å². The van der Waals surface area contributed by atoms with E-state index in [1.54, 1.807) is 4.68 Å². The van der Waals surface area contributed by atoms with Crippen LogP contribution < -0.4 is 0 Å². The van der Waals surface area contributed by atoms with E-state index in [-0.39, 0.29) is 6.42 Å². The van der Waals surface area contributed by atoms with Crippen LogP contribution in [0.15, 0.2) is 10.7 Å². The number of hydrogen-bond donors (Lipinski definition) is 1. The number of aryl methyl sites for hydroxylation is 2. The van der Waals surface area contributed by atoms with Crippen LogP contribution in [0.1, 0.15) is 18.5 Å². The summed E-state index contributed by atoms with van der Waals surface area (Å²) in [6, 6.07) is 1.90. The zero-order chi connectivity index (χ0) is 9.84. The highest BCUT2D eigenvalue weighted by atomic mass is 79.9. The van der Waals surface area contributed by atoms with E-state index in [2.05, 4.69) is 21.0 Å². The summed E-state index contributed by atoms with van der Waals surface area (Å²) in [6.07, 6.45) is 1.62. The Labute approximate surface area is 84.7 Å². The molecule has 1 aromatic heterocycles. The summed E-state index contributed by atoms with van der Waals surface area (Å²) in [5, 5.41) is 12.5. The number of carboxylic acids is 1. The van der Waals surface area contributed by atoms with Gasteiger partial charge in [-0.3, -0.25) is 9.48 Å². The summed E-state index contributed by atoms with van der Waals surface area (Å²) in [7, 11) is 1.85. The molecule has 1 rings (SSSR count). The van der Waals surface area contributed by atoms with Gasteiger partial charge in [-0.25, -0.2) is 0 Å². The third-order valence-electron chi connectivity index (χ3n) is 1.77. The van der Waals surface area contributed by atoms with Gasteiger partial charge in [-0.1, -0.05) is 0 Å². The number of carbonyl (C=O) groups is 1. The molecule has 0 unspecified atom stereocenters. The third-order valence-corrected chi connectivity index (χ3v) is 2.16. The van der Waals surface area contributed by atoms with Gasteiger partial charge in [0.05, 0.1) is 0 Å². The van der Waals surface area contributed by atoms with Gasteiger partial charge in [-0.05, 0) is 34.8 Å². The molecule has 72 valence electrons. The van der Waals surface area contributed by atoms with Crippen molar-refractivity contribution in [1.29, 1.82) is 0 Å². The van der Waals surface area contributed by atoms with Crippen molar-refractivity contribution in [2.45, 2.75) is 19.3 Å². The Kier molecular flexibility index (Phi) is 3.48. The van der Waals surface area contributed by atoms with Gasteiger partial charge in [0, 0.05) is 19.2 Å². The predicted molar refractivity (Wildman–Crippen MR) is 51.5 cm³/mol. The first kappa shape index (κ1) is 10.2. The van der Waals surface area contributed by atoms with E-state index in [1.807, 2.05) is 13.1 Å². The maximum Gasteiger partial charge on any atom is 0.303 e. The SMILES string of the molecule is Cn1nc(Br)cc1CCCC(=O)O. The lowest BCUT2D eigenvalue weighted by Crippen LogP contribution is -2.00. The molecule has 13 heavy (non-hydrogen) atoms. The minimum absolute atomic E-state index is 0.211. The summed E-state index contributed by atoms with van der Waals surface area (Å²) in [4.78, 5) is 10.2. The van der Waals surface area contributed by atoms with Crippen molar-refractivity contribution in [2.24, 2.45) is 7.05 Å². The molecule has 1 aromatic rings. The summed E-state index contributed by atoms with van der Waals surface area (Å²) >= 11 is 3.26. The van der Waals surface area contributed by atoms with Gasteiger partial charge < -0.3 is 5.11 Å². The zero-order valence-corrected chi connectivity index (χ0v) is 8.91. The second-order valence-corrected chi connectivity index (χ2v) is 3.64. The minimum atomic E-state index is -0.749. The maximum atomic E-state index is 10.2. The average molecular weight is 247 g/mol. The molecule has 1 N–H and O–H groups in total. The van der Waals surface area contributed by atoms with Crippen LogP contribution in [0.4, 0.5) is 0 Å². The molecule has 0 amide bonds. The Balaban J connectivity index is 2.45. The molecule has 0 aliphatic rings. The van der Waals surface area contributed by atoms with E-state index >= 15 is 0 Å². The van der Waals surface area contributed by atoms with Gasteiger partial charge in [-0.15, -0.1) is 0 Å². The van der Waals surface area contributed by atoms with Crippen LogP contribution in [0, 0.1) is 0 Å². The van der Waals surface area contributed by atoms with Crippen LogP contribution in [0.5, 0.6) is 0 Å². The van der Waals surface area contributed by atoms with E-state index in [0.717, 1.165) is 16.7 Å². The highest BCUT2D eigenvalue weighted by Crippen LogP contribution is 2.11. The molecule has 0 radical (unpaired) electrons. The molecule has 0 aromatic carbocycles. The second kappa shape index (κ2) is 4.41. The van der Waals surface area contributed by atoms with Crippen molar-refractivity contribution in [2.75, 3.05) is 0 Å². The zero-order valence-electron chi connectivity index (χ0n) is 7.33. The van der Waals surface area contributed by atoms with Gasteiger partial charge in [0.2, 0.25) is 0 Å². The quantitative estimate of drug-likeness (QED) is 0.878. The van der Waals surface area contributed by atoms with Crippen molar-refractivity contribution in [1.82, 2.24) is 9.78 Å². The van der Waals surface area contributed by atoms with Crippen LogP contribution in [0.2, 0.25) is 0 Å². The number of aromatic nitrogens is 2. The first-order valence-corrected chi connectivity index (χ1v) is 4.79. The predicted octanol–water partition coefficient (Wildman–Crippen LogP) is 1.59. The third kappa shape index (κ3) is 3.18. The summed E-state index contributed by atoms with van der Waals surface area (Å²) in [6.45, 7) is 0. The number of nitrogens with zero attached hydrogens (tertiary/aromatic N) is 2. The molecule has 0 fully saturated rings.